The lowest BCUT2D eigenvalue weighted by atomic mass is 10.2. The van der Waals surface area contributed by atoms with Crippen molar-refractivity contribution in [3.63, 3.8) is 0 Å². The lowest BCUT2D eigenvalue weighted by Gasteiger charge is -2.07. The highest BCUT2D eigenvalue weighted by Gasteiger charge is 2.00. The van der Waals surface area contributed by atoms with Gasteiger partial charge in [0, 0.05) is 31.8 Å². The molecule has 0 aromatic heterocycles. The zero-order chi connectivity index (χ0) is 11.7. The lowest BCUT2D eigenvalue weighted by Crippen LogP contribution is -2.29. The van der Waals surface area contributed by atoms with E-state index >= 15 is 0 Å². The summed E-state index contributed by atoms with van der Waals surface area (Å²) in [5.74, 6) is -0.597. The second-order valence-corrected chi connectivity index (χ2v) is 3.57. The largest absolute Gasteiger partial charge is 0.478 e. The summed E-state index contributed by atoms with van der Waals surface area (Å²) < 4.78 is 0. The number of carboxylic acids is 1. The van der Waals surface area contributed by atoms with Crippen molar-refractivity contribution in [1.29, 1.82) is 0 Å². The van der Waals surface area contributed by atoms with Gasteiger partial charge in [0.25, 0.3) is 0 Å². The molecule has 0 atom stereocenters. The molecule has 0 aliphatic rings. The summed E-state index contributed by atoms with van der Waals surface area (Å²) >= 11 is 0. The van der Waals surface area contributed by atoms with Gasteiger partial charge in [-0.2, -0.15) is 0 Å². The van der Waals surface area contributed by atoms with Crippen molar-refractivity contribution in [1.82, 2.24) is 10.6 Å². The van der Waals surface area contributed by atoms with Crippen molar-refractivity contribution in [3.05, 3.63) is 12.3 Å². The standard InChI is InChI=1S/C10H18N2O3/c1-8(2)7-12-9(13)3-5-11-6-4-10(14)15/h4,6,8,11H,3,5,7H2,1-2H3,(H,12,13)(H,14,15)/b6-4+. The van der Waals surface area contributed by atoms with Crippen LogP contribution in [0.4, 0.5) is 0 Å². The minimum absolute atomic E-state index is 0.0278. The molecule has 0 bridgehead atoms. The first-order valence-electron chi connectivity index (χ1n) is 4.92. The Labute approximate surface area is 89.6 Å². The van der Waals surface area contributed by atoms with Gasteiger partial charge < -0.3 is 15.7 Å². The molecule has 86 valence electrons. The molecule has 0 saturated heterocycles. The molecule has 0 aromatic rings. The van der Waals surface area contributed by atoms with Crippen LogP contribution < -0.4 is 10.6 Å². The normalized spacial score (nSPS) is 10.6. The van der Waals surface area contributed by atoms with Gasteiger partial charge in [-0.3, -0.25) is 4.79 Å². The summed E-state index contributed by atoms with van der Waals surface area (Å²) in [6, 6.07) is 0. The molecule has 3 N–H and O–H groups in total. The van der Waals surface area contributed by atoms with Crippen LogP contribution in [0, 0.1) is 5.92 Å². The van der Waals surface area contributed by atoms with Crippen LogP contribution in [0.2, 0.25) is 0 Å². The van der Waals surface area contributed by atoms with Gasteiger partial charge in [0.05, 0.1) is 0 Å². The number of carbonyl (C=O) groups is 2. The molecular formula is C10H18N2O3. The Bertz CT molecular complexity index is 237. The minimum Gasteiger partial charge on any atom is -0.478 e. The minimum atomic E-state index is -1.01. The SMILES string of the molecule is CC(C)CNC(=O)CCN/C=C/C(=O)O. The molecule has 0 aliphatic carbocycles. The molecule has 0 fully saturated rings. The van der Waals surface area contributed by atoms with Crippen molar-refractivity contribution in [2.45, 2.75) is 20.3 Å². The predicted molar refractivity (Wildman–Crippen MR) is 57.2 cm³/mol. The monoisotopic (exact) mass is 214 g/mol. The van der Waals surface area contributed by atoms with Crippen LogP contribution in [-0.4, -0.2) is 30.1 Å². The third-order valence-corrected chi connectivity index (χ3v) is 1.55. The van der Waals surface area contributed by atoms with E-state index in [1.54, 1.807) is 0 Å². The van der Waals surface area contributed by atoms with Crippen molar-refractivity contribution in [3.8, 4) is 0 Å². The number of carbonyl (C=O) groups excluding carboxylic acids is 1. The fourth-order valence-electron chi connectivity index (χ4n) is 0.806. The van der Waals surface area contributed by atoms with Crippen LogP contribution in [0.5, 0.6) is 0 Å². The Balaban J connectivity index is 3.43. The summed E-state index contributed by atoms with van der Waals surface area (Å²) in [5, 5.41) is 13.7. The maximum atomic E-state index is 11.2. The van der Waals surface area contributed by atoms with E-state index < -0.39 is 5.97 Å². The molecule has 0 saturated carbocycles. The van der Waals surface area contributed by atoms with Gasteiger partial charge in [0.1, 0.15) is 0 Å². The quantitative estimate of drug-likeness (QED) is 0.422. The lowest BCUT2D eigenvalue weighted by molar-refractivity contribution is -0.131. The van der Waals surface area contributed by atoms with E-state index in [2.05, 4.69) is 10.6 Å². The van der Waals surface area contributed by atoms with Crippen LogP contribution in [-0.2, 0) is 9.59 Å². The second kappa shape index (κ2) is 7.84. The molecule has 0 aliphatic heterocycles. The van der Waals surface area contributed by atoms with Crippen LogP contribution in [0.15, 0.2) is 12.3 Å². The van der Waals surface area contributed by atoms with Gasteiger partial charge >= 0.3 is 5.97 Å². The zero-order valence-electron chi connectivity index (χ0n) is 9.12. The van der Waals surface area contributed by atoms with Gasteiger partial charge in [-0.1, -0.05) is 13.8 Å². The zero-order valence-corrected chi connectivity index (χ0v) is 9.12. The van der Waals surface area contributed by atoms with Crippen molar-refractivity contribution in [2.75, 3.05) is 13.1 Å². The van der Waals surface area contributed by atoms with Crippen LogP contribution in [0.1, 0.15) is 20.3 Å². The second-order valence-electron chi connectivity index (χ2n) is 3.57. The summed E-state index contributed by atoms with van der Waals surface area (Å²) in [6.07, 6.45) is 2.65. The third kappa shape index (κ3) is 10.4. The fourth-order valence-corrected chi connectivity index (χ4v) is 0.806. The highest BCUT2D eigenvalue weighted by Crippen LogP contribution is 1.87. The molecule has 15 heavy (non-hydrogen) atoms. The van der Waals surface area contributed by atoms with Gasteiger partial charge in [-0.15, -0.1) is 0 Å². The Morgan fingerprint density at radius 2 is 2.07 bits per heavy atom. The van der Waals surface area contributed by atoms with Crippen LogP contribution in [0.25, 0.3) is 0 Å². The molecule has 0 aromatic carbocycles. The van der Waals surface area contributed by atoms with E-state index in [1.165, 1.54) is 6.20 Å². The molecule has 0 spiro atoms. The van der Waals surface area contributed by atoms with Crippen molar-refractivity contribution in [2.24, 2.45) is 5.92 Å². The summed E-state index contributed by atoms with van der Waals surface area (Å²) in [4.78, 5) is 21.2. The van der Waals surface area contributed by atoms with Crippen molar-refractivity contribution >= 4 is 11.9 Å². The summed E-state index contributed by atoms with van der Waals surface area (Å²) in [7, 11) is 0. The highest BCUT2D eigenvalue weighted by atomic mass is 16.4. The first-order chi connectivity index (χ1) is 7.02. The maximum absolute atomic E-state index is 11.2. The van der Waals surface area contributed by atoms with Gasteiger partial charge in [0.2, 0.25) is 5.91 Å². The van der Waals surface area contributed by atoms with Gasteiger partial charge in [-0.05, 0) is 5.92 Å². The summed E-state index contributed by atoms with van der Waals surface area (Å²) in [6.45, 7) is 5.15. The smallest absolute Gasteiger partial charge is 0.329 e. The molecule has 0 rings (SSSR count). The number of rotatable bonds is 7. The number of hydrogen-bond donors (Lipinski definition) is 3. The van der Waals surface area contributed by atoms with E-state index in [9.17, 15) is 9.59 Å². The van der Waals surface area contributed by atoms with E-state index in [4.69, 9.17) is 5.11 Å². The van der Waals surface area contributed by atoms with Crippen LogP contribution >= 0.6 is 0 Å². The summed E-state index contributed by atoms with van der Waals surface area (Å²) in [5.41, 5.74) is 0. The van der Waals surface area contributed by atoms with Gasteiger partial charge in [-0.25, -0.2) is 4.79 Å². The maximum Gasteiger partial charge on any atom is 0.329 e. The third-order valence-electron chi connectivity index (χ3n) is 1.55. The topological polar surface area (TPSA) is 78.4 Å². The molecular weight excluding hydrogens is 196 g/mol. The molecule has 5 heteroatoms. The molecule has 5 nitrogen and oxygen atoms in total. The number of carboxylic acid groups (broad SMARTS) is 1. The Kier molecular flexibility index (Phi) is 7.05. The van der Waals surface area contributed by atoms with Crippen molar-refractivity contribution < 1.29 is 14.7 Å². The highest BCUT2D eigenvalue weighted by molar-refractivity contribution is 5.79. The number of hydrogen-bond acceptors (Lipinski definition) is 3. The average Bonchev–Trinajstić information content (AvgIpc) is 2.13. The van der Waals surface area contributed by atoms with Crippen LogP contribution in [0.3, 0.4) is 0 Å². The number of amides is 1. The number of aliphatic carboxylic acids is 1. The molecule has 1 amide bonds. The van der Waals surface area contributed by atoms with E-state index in [-0.39, 0.29) is 5.91 Å². The average molecular weight is 214 g/mol. The van der Waals surface area contributed by atoms with E-state index in [0.29, 0.717) is 25.4 Å². The first-order valence-corrected chi connectivity index (χ1v) is 4.92. The molecule has 0 heterocycles. The number of nitrogens with one attached hydrogen (secondary N) is 2. The van der Waals surface area contributed by atoms with E-state index in [1.807, 2.05) is 13.8 Å². The molecule has 0 radical (unpaired) electrons. The Morgan fingerprint density at radius 3 is 2.60 bits per heavy atom. The van der Waals surface area contributed by atoms with E-state index in [0.717, 1.165) is 6.08 Å². The first kappa shape index (κ1) is 13.5. The Morgan fingerprint density at radius 1 is 1.40 bits per heavy atom. The molecule has 0 unspecified atom stereocenters. The fraction of sp³-hybridized carbons (Fsp3) is 0.600. The predicted octanol–water partition coefficient (Wildman–Crippen LogP) is 0.337. The van der Waals surface area contributed by atoms with Gasteiger partial charge in [0.15, 0.2) is 0 Å². The Hall–Kier alpha value is -1.52.